The summed E-state index contributed by atoms with van der Waals surface area (Å²) < 4.78 is 24.7. The molecule has 0 radical (unpaired) electrons. The molecule has 30 heavy (non-hydrogen) atoms. The predicted molar refractivity (Wildman–Crippen MR) is 112 cm³/mol. The lowest BCUT2D eigenvalue weighted by atomic mass is 10.1. The normalized spacial score (nSPS) is 15.6. The van der Waals surface area contributed by atoms with Gasteiger partial charge in [0.15, 0.2) is 18.2 Å². The first kappa shape index (κ1) is 21.8. The number of carbonyl (C=O) groups excluding carboxylic acids is 2. The fourth-order valence-corrected chi connectivity index (χ4v) is 3.33. The van der Waals surface area contributed by atoms with Gasteiger partial charge in [-0.2, -0.15) is 0 Å². The topological polar surface area (TPSA) is 67.9 Å². The van der Waals surface area contributed by atoms with Crippen LogP contribution < -0.4 is 10.1 Å². The van der Waals surface area contributed by atoms with Crippen LogP contribution >= 0.6 is 0 Å². The van der Waals surface area contributed by atoms with Gasteiger partial charge >= 0.3 is 0 Å². The van der Waals surface area contributed by atoms with E-state index in [1.807, 2.05) is 32.0 Å². The molecule has 1 aliphatic rings. The zero-order valence-corrected chi connectivity index (χ0v) is 17.3. The van der Waals surface area contributed by atoms with Crippen molar-refractivity contribution in [1.29, 1.82) is 0 Å². The fraction of sp³-hybridized carbons (Fsp3) is 0.391. The molecule has 0 aliphatic carbocycles. The van der Waals surface area contributed by atoms with Crippen molar-refractivity contribution in [2.24, 2.45) is 0 Å². The highest BCUT2D eigenvalue weighted by Gasteiger charge is 2.25. The first-order valence-electron chi connectivity index (χ1n) is 10.1. The minimum Gasteiger partial charge on any atom is -0.481 e. The average Bonchev–Trinajstić information content (AvgIpc) is 3.23. The highest BCUT2D eigenvalue weighted by molar-refractivity contribution is 5.95. The number of ether oxygens (including phenoxy) is 2. The number of nitrogens with zero attached hydrogens (tertiary/aromatic N) is 1. The molecule has 3 rings (SSSR count). The van der Waals surface area contributed by atoms with E-state index in [4.69, 9.17) is 9.47 Å². The van der Waals surface area contributed by atoms with Crippen molar-refractivity contribution in [1.82, 2.24) is 4.90 Å². The summed E-state index contributed by atoms with van der Waals surface area (Å²) in [6.07, 6.45) is 1.64. The molecular formula is C23H27FN2O4. The van der Waals surface area contributed by atoms with Crippen LogP contribution in [0.1, 0.15) is 24.0 Å². The van der Waals surface area contributed by atoms with Crippen molar-refractivity contribution < 1.29 is 23.5 Å². The van der Waals surface area contributed by atoms with E-state index in [1.165, 1.54) is 17.0 Å². The lowest BCUT2D eigenvalue weighted by Crippen LogP contribution is -2.44. The van der Waals surface area contributed by atoms with Crippen LogP contribution in [-0.4, -0.2) is 49.1 Å². The van der Waals surface area contributed by atoms with E-state index in [-0.39, 0.29) is 30.9 Å². The smallest absolute Gasteiger partial charge is 0.261 e. The Kier molecular flexibility index (Phi) is 7.41. The Morgan fingerprint density at radius 2 is 2.00 bits per heavy atom. The van der Waals surface area contributed by atoms with Gasteiger partial charge in [-0.05, 0) is 56.0 Å². The molecule has 1 atom stereocenters. The van der Waals surface area contributed by atoms with Gasteiger partial charge in [0.2, 0.25) is 5.91 Å². The summed E-state index contributed by atoms with van der Waals surface area (Å²) in [6.45, 7) is 4.35. The summed E-state index contributed by atoms with van der Waals surface area (Å²) in [4.78, 5) is 26.8. The fourth-order valence-electron chi connectivity index (χ4n) is 3.33. The zero-order chi connectivity index (χ0) is 21.5. The van der Waals surface area contributed by atoms with Crippen LogP contribution in [0.3, 0.4) is 0 Å². The number of hydrogen-bond acceptors (Lipinski definition) is 4. The number of rotatable bonds is 8. The van der Waals surface area contributed by atoms with E-state index in [9.17, 15) is 14.0 Å². The summed E-state index contributed by atoms with van der Waals surface area (Å²) >= 11 is 0. The second-order valence-electron chi connectivity index (χ2n) is 7.42. The molecule has 2 aromatic carbocycles. The van der Waals surface area contributed by atoms with Gasteiger partial charge in [-0.1, -0.05) is 24.3 Å². The third-order valence-corrected chi connectivity index (χ3v) is 5.20. The number of benzene rings is 2. The second-order valence-corrected chi connectivity index (χ2v) is 7.42. The summed E-state index contributed by atoms with van der Waals surface area (Å²) in [5.74, 6) is -1.24. The first-order valence-corrected chi connectivity index (χ1v) is 10.1. The van der Waals surface area contributed by atoms with E-state index in [2.05, 4.69) is 5.32 Å². The molecule has 0 spiro atoms. The molecule has 2 aromatic rings. The molecule has 0 aromatic heterocycles. The Balaban J connectivity index is 1.65. The number of carbonyl (C=O) groups is 2. The molecule has 1 saturated heterocycles. The highest BCUT2D eigenvalue weighted by atomic mass is 19.1. The predicted octanol–water partition coefficient (Wildman–Crippen LogP) is 3.47. The molecule has 6 nitrogen and oxygen atoms in total. The Morgan fingerprint density at radius 3 is 2.73 bits per heavy atom. The summed E-state index contributed by atoms with van der Waals surface area (Å²) in [6, 6.07) is 11.6. The van der Waals surface area contributed by atoms with Crippen molar-refractivity contribution in [3.05, 3.63) is 59.4 Å². The molecule has 2 amide bonds. The summed E-state index contributed by atoms with van der Waals surface area (Å²) in [7, 11) is 0. The molecule has 0 bridgehead atoms. The van der Waals surface area contributed by atoms with Gasteiger partial charge in [0.05, 0.1) is 6.10 Å². The lowest BCUT2D eigenvalue weighted by molar-refractivity contribution is -0.138. The number of amides is 2. The Labute approximate surface area is 176 Å². The standard InChI is InChI=1S/C23H27FN2O4/c1-16-7-5-10-20(17(16)2)25-22(27)14-26(13-18-8-6-12-29-18)23(28)15-30-21-11-4-3-9-19(21)24/h3-5,7,9-11,18H,6,8,12-15H2,1-2H3,(H,25,27)/t18-/m1/s1. The van der Waals surface area contributed by atoms with E-state index in [0.29, 0.717) is 18.8 Å². The molecule has 1 N–H and O–H groups in total. The van der Waals surface area contributed by atoms with Gasteiger partial charge in [-0.25, -0.2) is 4.39 Å². The van der Waals surface area contributed by atoms with Crippen LogP contribution in [0.4, 0.5) is 10.1 Å². The van der Waals surface area contributed by atoms with Crippen molar-refractivity contribution in [3.63, 3.8) is 0 Å². The van der Waals surface area contributed by atoms with Crippen LogP contribution in [0.15, 0.2) is 42.5 Å². The maximum absolute atomic E-state index is 13.8. The molecular weight excluding hydrogens is 387 g/mol. The van der Waals surface area contributed by atoms with Gasteiger partial charge in [-0.15, -0.1) is 0 Å². The minimum atomic E-state index is -0.538. The van der Waals surface area contributed by atoms with E-state index < -0.39 is 11.7 Å². The SMILES string of the molecule is Cc1cccc(NC(=O)CN(C[C@H]2CCCO2)C(=O)COc2ccccc2F)c1C. The van der Waals surface area contributed by atoms with Gasteiger partial charge in [0, 0.05) is 18.8 Å². The minimum absolute atomic E-state index is 0.00255. The van der Waals surface area contributed by atoms with Crippen LogP contribution in [0.2, 0.25) is 0 Å². The summed E-state index contributed by atoms with van der Waals surface area (Å²) in [5, 5.41) is 2.87. The third kappa shape index (κ3) is 5.79. The van der Waals surface area contributed by atoms with Crippen molar-refractivity contribution in [3.8, 4) is 5.75 Å². The van der Waals surface area contributed by atoms with Crippen molar-refractivity contribution in [2.45, 2.75) is 32.8 Å². The molecule has 0 unspecified atom stereocenters. The number of para-hydroxylation sites is 1. The van der Waals surface area contributed by atoms with E-state index in [0.717, 1.165) is 24.0 Å². The molecule has 1 aliphatic heterocycles. The average molecular weight is 414 g/mol. The Bertz CT molecular complexity index is 897. The van der Waals surface area contributed by atoms with Gasteiger partial charge < -0.3 is 19.7 Å². The molecule has 7 heteroatoms. The second kappa shape index (κ2) is 10.2. The highest BCUT2D eigenvalue weighted by Crippen LogP contribution is 2.19. The molecule has 0 saturated carbocycles. The maximum atomic E-state index is 13.8. The van der Waals surface area contributed by atoms with E-state index >= 15 is 0 Å². The van der Waals surface area contributed by atoms with Gasteiger partial charge in [0.25, 0.3) is 5.91 Å². The molecule has 1 fully saturated rings. The van der Waals surface area contributed by atoms with Crippen LogP contribution in [0.25, 0.3) is 0 Å². The monoisotopic (exact) mass is 414 g/mol. The van der Waals surface area contributed by atoms with E-state index in [1.54, 1.807) is 12.1 Å². The van der Waals surface area contributed by atoms with Crippen molar-refractivity contribution >= 4 is 17.5 Å². The summed E-state index contributed by atoms with van der Waals surface area (Å²) in [5.41, 5.74) is 2.76. The molecule has 1 heterocycles. The third-order valence-electron chi connectivity index (χ3n) is 5.20. The van der Waals surface area contributed by atoms with Gasteiger partial charge in [0.1, 0.15) is 6.54 Å². The van der Waals surface area contributed by atoms with Crippen LogP contribution in [0.5, 0.6) is 5.75 Å². The largest absolute Gasteiger partial charge is 0.481 e. The lowest BCUT2D eigenvalue weighted by Gasteiger charge is -2.25. The van der Waals surface area contributed by atoms with Crippen molar-refractivity contribution in [2.75, 3.05) is 31.6 Å². The Morgan fingerprint density at radius 1 is 1.20 bits per heavy atom. The number of halogens is 1. The van der Waals surface area contributed by atoms with Gasteiger partial charge in [-0.3, -0.25) is 9.59 Å². The Hall–Kier alpha value is -2.93. The zero-order valence-electron chi connectivity index (χ0n) is 17.3. The number of nitrogens with one attached hydrogen (secondary N) is 1. The number of aryl methyl sites for hydroxylation is 1. The number of anilines is 1. The van der Waals surface area contributed by atoms with Crippen LogP contribution in [-0.2, 0) is 14.3 Å². The quantitative estimate of drug-likeness (QED) is 0.718. The van der Waals surface area contributed by atoms with Crippen LogP contribution in [0, 0.1) is 19.7 Å². The maximum Gasteiger partial charge on any atom is 0.261 e. The first-order chi connectivity index (χ1) is 14.4. The number of hydrogen-bond donors (Lipinski definition) is 1. The molecule has 160 valence electrons.